The molecule has 1 rings (SSSR count). The number of oxazole rings is 1. The van der Waals surface area contributed by atoms with E-state index in [1.807, 2.05) is 6.92 Å². The van der Waals surface area contributed by atoms with Crippen molar-refractivity contribution >= 4 is 21.9 Å². The van der Waals surface area contributed by atoms with Gasteiger partial charge in [-0.2, -0.15) is 0 Å². The van der Waals surface area contributed by atoms with Crippen LogP contribution in [0.1, 0.15) is 23.2 Å². The van der Waals surface area contributed by atoms with Crippen LogP contribution >= 0.6 is 15.9 Å². The van der Waals surface area contributed by atoms with E-state index in [1.54, 1.807) is 0 Å². The van der Waals surface area contributed by atoms with E-state index >= 15 is 0 Å². The summed E-state index contributed by atoms with van der Waals surface area (Å²) in [5.74, 6) is -1.17. The number of aromatic carboxylic acids is 1. The molecule has 1 aromatic rings. The summed E-state index contributed by atoms with van der Waals surface area (Å²) in [5.41, 5.74) is 0.462. The fourth-order valence-electron chi connectivity index (χ4n) is 0.730. The van der Waals surface area contributed by atoms with Crippen LogP contribution in [0.15, 0.2) is 9.22 Å². The number of hydrogen-bond acceptors (Lipinski definition) is 3. The molecule has 0 atom stereocenters. The third-order valence-electron chi connectivity index (χ3n) is 1.20. The lowest BCUT2D eigenvalue weighted by Crippen LogP contribution is -1.98. The number of carboxylic acid groups (broad SMARTS) is 1. The van der Waals surface area contributed by atoms with E-state index in [1.165, 1.54) is 0 Å². The molecule has 0 aliphatic heterocycles. The summed E-state index contributed by atoms with van der Waals surface area (Å²) in [7, 11) is 0. The molecule has 0 bridgehead atoms. The van der Waals surface area contributed by atoms with Crippen LogP contribution in [0.3, 0.4) is 0 Å². The third-order valence-corrected chi connectivity index (χ3v) is 1.54. The molecule has 0 saturated heterocycles. The first-order chi connectivity index (χ1) is 5.15. The quantitative estimate of drug-likeness (QED) is 0.823. The van der Waals surface area contributed by atoms with Crippen LogP contribution in [-0.2, 0) is 6.42 Å². The van der Waals surface area contributed by atoms with Crippen molar-refractivity contribution in [3.63, 3.8) is 0 Å². The largest absolute Gasteiger partial charge is 0.475 e. The van der Waals surface area contributed by atoms with Gasteiger partial charge in [0.05, 0.1) is 5.69 Å². The number of carboxylic acids is 1. The molecule has 11 heavy (non-hydrogen) atoms. The minimum atomic E-state index is -1.08. The molecule has 4 nitrogen and oxygen atoms in total. The Morgan fingerprint density at radius 1 is 1.82 bits per heavy atom. The predicted molar refractivity (Wildman–Crippen MR) is 40.5 cm³/mol. The van der Waals surface area contributed by atoms with Crippen molar-refractivity contribution in [2.75, 3.05) is 0 Å². The predicted octanol–water partition coefficient (Wildman–Crippen LogP) is 1.70. The summed E-state index contributed by atoms with van der Waals surface area (Å²) in [6, 6.07) is 0. The number of rotatable bonds is 2. The first-order valence-corrected chi connectivity index (χ1v) is 3.83. The minimum absolute atomic E-state index is 0.0839. The highest BCUT2D eigenvalue weighted by molar-refractivity contribution is 9.10. The molecule has 0 aliphatic rings. The summed E-state index contributed by atoms with van der Waals surface area (Å²) in [4.78, 5) is 14.5. The highest BCUT2D eigenvalue weighted by atomic mass is 79.9. The van der Waals surface area contributed by atoms with Gasteiger partial charge in [-0.15, -0.1) is 0 Å². The van der Waals surface area contributed by atoms with Crippen LogP contribution in [0.2, 0.25) is 0 Å². The SMILES string of the molecule is CCc1nc(Br)oc1C(=O)O. The molecule has 0 fully saturated rings. The lowest BCUT2D eigenvalue weighted by atomic mass is 10.3. The van der Waals surface area contributed by atoms with Gasteiger partial charge >= 0.3 is 5.97 Å². The molecular formula is C6H6BrNO3. The van der Waals surface area contributed by atoms with Crippen molar-refractivity contribution in [1.82, 2.24) is 4.98 Å². The summed E-state index contributed by atoms with van der Waals surface area (Å²) in [5, 5.41) is 8.56. The van der Waals surface area contributed by atoms with E-state index in [4.69, 9.17) is 9.52 Å². The maximum Gasteiger partial charge on any atom is 0.373 e. The summed E-state index contributed by atoms with van der Waals surface area (Å²) >= 11 is 2.95. The molecule has 0 aromatic carbocycles. The Bertz CT molecular complexity index is 281. The highest BCUT2D eigenvalue weighted by Crippen LogP contribution is 2.15. The number of nitrogens with zero attached hydrogens (tertiary/aromatic N) is 1. The number of aromatic nitrogens is 1. The maximum atomic E-state index is 10.4. The van der Waals surface area contributed by atoms with Crippen molar-refractivity contribution in [2.45, 2.75) is 13.3 Å². The second kappa shape index (κ2) is 3.04. The van der Waals surface area contributed by atoms with Crippen LogP contribution in [0.5, 0.6) is 0 Å². The van der Waals surface area contributed by atoms with E-state index in [0.717, 1.165) is 0 Å². The topological polar surface area (TPSA) is 63.3 Å². The molecule has 60 valence electrons. The third kappa shape index (κ3) is 1.59. The Balaban J connectivity index is 3.12. The second-order valence-electron chi connectivity index (χ2n) is 1.90. The molecule has 0 aliphatic carbocycles. The molecule has 0 amide bonds. The van der Waals surface area contributed by atoms with E-state index in [9.17, 15) is 4.79 Å². The smallest absolute Gasteiger partial charge is 0.373 e. The second-order valence-corrected chi connectivity index (χ2v) is 2.58. The monoisotopic (exact) mass is 219 g/mol. The molecule has 1 aromatic heterocycles. The summed E-state index contributed by atoms with van der Waals surface area (Å²) in [6.45, 7) is 1.82. The van der Waals surface area contributed by atoms with Crippen molar-refractivity contribution in [1.29, 1.82) is 0 Å². The van der Waals surface area contributed by atoms with Crippen LogP contribution in [0, 0.1) is 0 Å². The van der Waals surface area contributed by atoms with Crippen LogP contribution in [-0.4, -0.2) is 16.1 Å². The molecule has 1 heterocycles. The highest BCUT2D eigenvalue weighted by Gasteiger charge is 2.16. The van der Waals surface area contributed by atoms with Crippen LogP contribution in [0.25, 0.3) is 0 Å². The molecular weight excluding hydrogens is 214 g/mol. The lowest BCUT2D eigenvalue weighted by Gasteiger charge is -1.87. The van der Waals surface area contributed by atoms with Gasteiger partial charge in [-0.3, -0.25) is 0 Å². The Labute approximate surface area is 71.4 Å². The van der Waals surface area contributed by atoms with E-state index in [0.29, 0.717) is 12.1 Å². The number of hydrogen-bond donors (Lipinski definition) is 1. The molecule has 1 N–H and O–H groups in total. The van der Waals surface area contributed by atoms with Gasteiger partial charge in [0.1, 0.15) is 0 Å². The lowest BCUT2D eigenvalue weighted by molar-refractivity contribution is 0.0659. The zero-order valence-electron chi connectivity index (χ0n) is 5.80. The van der Waals surface area contributed by atoms with E-state index in [2.05, 4.69) is 20.9 Å². The summed E-state index contributed by atoms with van der Waals surface area (Å²) < 4.78 is 4.77. The zero-order chi connectivity index (χ0) is 8.43. The molecule has 0 saturated carbocycles. The van der Waals surface area contributed by atoms with Gasteiger partial charge in [-0.05, 0) is 6.42 Å². The van der Waals surface area contributed by atoms with Crippen molar-refractivity contribution in [3.05, 3.63) is 16.3 Å². The van der Waals surface area contributed by atoms with Crippen molar-refractivity contribution in [3.8, 4) is 0 Å². The van der Waals surface area contributed by atoms with Gasteiger partial charge in [0.2, 0.25) is 5.76 Å². The normalized spacial score (nSPS) is 10.0. The van der Waals surface area contributed by atoms with Crippen molar-refractivity contribution in [2.24, 2.45) is 0 Å². The Kier molecular flexibility index (Phi) is 2.28. The first-order valence-electron chi connectivity index (χ1n) is 3.03. The average molecular weight is 220 g/mol. The minimum Gasteiger partial charge on any atom is -0.475 e. The average Bonchev–Trinajstić information content (AvgIpc) is 2.30. The number of halogens is 1. The molecule has 5 heteroatoms. The van der Waals surface area contributed by atoms with Gasteiger partial charge in [0.15, 0.2) is 0 Å². The fourth-order valence-corrected chi connectivity index (χ4v) is 1.11. The van der Waals surface area contributed by atoms with Gasteiger partial charge < -0.3 is 9.52 Å². The van der Waals surface area contributed by atoms with Gasteiger partial charge in [-0.1, -0.05) is 6.92 Å². The summed E-state index contributed by atoms with van der Waals surface area (Å²) in [6.07, 6.45) is 0.552. The standard InChI is InChI=1S/C6H6BrNO3/c1-2-3-4(5(9)10)11-6(7)8-3/h2H2,1H3,(H,9,10). The van der Waals surface area contributed by atoms with Crippen molar-refractivity contribution < 1.29 is 14.3 Å². The zero-order valence-corrected chi connectivity index (χ0v) is 7.38. The van der Waals surface area contributed by atoms with Gasteiger partial charge in [-0.25, -0.2) is 9.78 Å². The Hall–Kier alpha value is -0.840. The molecule has 0 unspecified atom stereocenters. The van der Waals surface area contributed by atoms with Crippen LogP contribution in [0.4, 0.5) is 0 Å². The Morgan fingerprint density at radius 3 is 2.82 bits per heavy atom. The van der Waals surface area contributed by atoms with Gasteiger partial charge in [0, 0.05) is 15.9 Å². The van der Waals surface area contributed by atoms with Gasteiger partial charge in [0.25, 0.3) is 4.80 Å². The van der Waals surface area contributed by atoms with Crippen LogP contribution < -0.4 is 0 Å². The Morgan fingerprint density at radius 2 is 2.45 bits per heavy atom. The van der Waals surface area contributed by atoms with E-state index < -0.39 is 5.97 Å². The molecule has 0 radical (unpaired) electrons. The number of carbonyl (C=O) groups is 1. The van der Waals surface area contributed by atoms with E-state index in [-0.39, 0.29) is 10.6 Å². The molecule has 0 spiro atoms. The maximum absolute atomic E-state index is 10.4. The first kappa shape index (κ1) is 8.26. The number of aryl methyl sites for hydroxylation is 1. The fraction of sp³-hybridized carbons (Fsp3) is 0.333.